The molecule has 5 heteroatoms. The van der Waals surface area contributed by atoms with Crippen molar-refractivity contribution in [2.45, 2.75) is 6.92 Å². The molecule has 0 atom stereocenters. The molecule has 1 aliphatic heterocycles. The van der Waals surface area contributed by atoms with E-state index in [9.17, 15) is 4.79 Å². The summed E-state index contributed by atoms with van der Waals surface area (Å²) in [6.45, 7) is 5.42. The number of hydrogen-bond donors (Lipinski definition) is 2. The maximum Gasteiger partial charge on any atom is 0.291 e. The fraction of sp³-hybridized carbons (Fsp3) is 0.385. The number of benzene rings is 1. The van der Waals surface area contributed by atoms with Crippen LogP contribution in [0, 0.1) is 6.92 Å². The van der Waals surface area contributed by atoms with E-state index < -0.39 is 0 Å². The summed E-state index contributed by atoms with van der Waals surface area (Å²) >= 11 is 0. The van der Waals surface area contributed by atoms with Gasteiger partial charge in [0.25, 0.3) is 5.56 Å². The van der Waals surface area contributed by atoms with E-state index in [1.165, 1.54) is 0 Å². The summed E-state index contributed by atoms with van der Waals surface area (Å²) < 4.78 is 0. The third kappa shape index (κ3) is 1.86. The molecule has 3 rings (SSSR count). The van der Waals surface area contributed by atoms with Gasteiger partial charge < -0.3 is 15.2 Å². The number of hydrogen-bond acceptors (Lipinski definition) is 4. The molecular weight excluding hydrogens is 228 g/mol. The number of aromatic amines is 1. The highest BCUT2D eigenvalue weighted by atomic mass is 16.1. The van der Waals surface area contributed by atoms with Crippen LogP contribution in [0.1, 0.15) is 5.56 Å². The van der Waals surface area contributed by atoms with Gasteiger partial charge in [0.2, 0.25) is 0 Å². The van der Waals surface area contributed by atoms with E-state index in [1.54, 1.807) is 0 Å². The molecule has 1 aromatic heterocycles. The Morgan fingerprint density at radius 3 is 2.83 bits per heavy atom. The zero-order valence-corrected chi connectivity index (χ0v) is 10.4. The number of para-hydroxylation sites is 1. The molecule has 1 saturated heterocycles. The van der Waals surface area contributed by atoms with Crippen molar-refractivity contribution in [2.24, 2.45) is 0 Å². The molecule has 0 bridgehead atoms. The molecule has 0 saturated carbocycles. The van der Waals surface area contributed by atoms with Gasteiger partial charge >= 0.3 is 0 Å². The van der Waals surface area contributed by atoms with Crippen LogP contribution >= 0.6 is 0 Å². The van der Waals surface area contributed by atoms with Crippen molar-refractivity contribution >= 4 is 16.9 Å². The van der Waals surface area contributed by atoms with Crippen molar-refractivity contribution in [3.63, 3.8) is 0 Å². The molecular formula is C13H16N4O. The van der Waals surface area contributed by atoms with Gasteiger partial charge in [-0.3, -0.25) is 4.79 Å². The Morgan fingerprint density at radius 1 is 1.28 bits per heavy atom. The van der Waals surface area contributed by atoms with Gasteiger partial charge in [-0.25, -0.2) is 4.98 Å². The van der Waals surface area contributed by atoms with Crippen molar-refractivity contribution in [3.8, 4) is 0 Å². The predicted molar refractivity (Wildman–Crippen MR) is 72.2 cm³/mol. The summed E-state index contributed by atoms with van der Waals surface area (Å²) in [6, 6.07) is 5.87. The van der Waals surface area contributed by atoms with Crippen molar-refractivity contribution in [3.05, 3.63) is 34.1 Å². The van der Waals surface area contributed by atoms with Gasteiger partial charge in [-0.15, -0.1) is 0 Å². The number of aryl methyl sites for hydroxylation is 1. The summed E-state index contributed by atoms with van der Waals surface area (Å²) in [4.78, 5) is 21.6. The lowest BCUT2D eigenvalue weighted by Crippen LogP contribution is -2.45. The van der Waals surface area contributed by atoms with Crippen LogP contribution < -0.4 is 15.8 Å². The normalized spacial score (nSPS) is 16.2. The van der Waals surface area contributed by atoms with Crippen LogP contribution in [0.5, 0.6) is 0 Å². The first-order valence-corrected chi connectivity index (χ1v) is 6.21. The Hall–Kier alpha value is -1.88. The van der Waals surface area contributed by atoms with E-state index in [4.69, 9.17) is 0 Å². The molecule has 0 amide bonds. The summed E-state index contributed by atoms with van der Waals surface area (Å²) in [7, 11) is 0. The molecule has 2 heterocycles. The molecule has 1 aliphatic rings. The van der Waals surface area contributed by atoms with Gasteiger partial charge in [0, 0.05) is 26.2 Å². The monoisotopic (exact) mass is 244 g/mol. The van der Waals surface area contributed by atoms with Crippen molar-refractivity contribution in [1.82, 2.24) is 15.3 Å². The third-order valence-electron chi connectivity index (χ3n) is 3.34. The Kier molecular flexibility index (Phi) is 2.76. The second-order valence-corrected chi connectivity index (χ2v) is 4.60. The number of anilines is 1. The zero-order chi connectivity index (χ0) is 12.5. The minimum Gasteiger partial charge on any atom is -0.349 e. The van der Waals surface area contributed by atoms with E-state index in [0.717, 1.165) is 42.8 Å². The Balaban J connectivity index is 2.12. The fourth-order valence-corrected chi connectivity index (χ4v) is 2.33. The van der Waals surface area contributed by atoms with E-state index in [0.29, 0.717) is 5.82 Å². The van der Waals surface area contributed by atoms with E-state index in [2.05, 4.69) is 15.3 Å². The van der Waals surface area contributed by atoms with Crippen LogP contribution in [0.2, 0.25) is 0 Å². The van der Waals surface area contributed by atoms with Gasteiger partial charge in [-0.1, -0.05) is 12.1 Å². The number of rotatable bonds is 1. The first-order valence-electron chi connectivity index (χ1n) is 6.21. The van der Waals surface area contributed by atoms with Crippen LogP contribution in [0.15, 0.2) is 23.0 Å². The summed E-state index contributed by atoms with van der Waals surface area (Å²) in [5, 5.41) is 3.27. The van der Waals surface area contributed by atoms with Crippen LogP contribution in [0.3, 0.4) is 0 Å². The summed E-state index contributed by atoms with van der Waals surface area (Å²) in [5.74, 6) is 0.537. The van der Waals surface area contributed by atoms with Crippen molar-refractivity contribution in [1.29, 1.82) is 0 Å². The smallest absolute Gasteiger partial charge is 0.291 e. The van der Waals surface area contributed by atoms with Gasteiger partial charge in [0.1, 0.15) is 0 Å². The van der Waals surface area contributed by atoms with Crippen molar-refractivity contribution < 1.29 is 0 Å². The Bertz CT molecular complexity index is 628. The van der Waals surface area contributed by atoms with Gasteiger partial charge in [0.05, 0.1) is 11.0 Å². The topological polar surface area (TPSA) is 61.0 Å². The quantitative estimate of drug-likeness (QED) is 0.773. The molecule has 1 aromatic carbocycles. The molecule has 0 aliphatic carbocycles. The van der Waals surface area contributed by atoms with Crippen molar-refractivity contribution in [2.75, 3.05) is 31.1 Å². The molecule has 18 heavy (non-hydrogen) atoms. The maximum absolute atomic E-state index is 12.1. The van der Waals surface area contributed by atoms with Crippen LogP contribution in [0.4, 0.5) is 5.82 Å². The van der Waals surface area contributed by atoms with E-state index in [-0.39, 0.29) is 5.56 Å². The predicted octanol–water partition coefficient (Wildman–Crippen LogP) is 0.641. The molecule has 5 nitrogen and oxygen atoms in total. The highest BCUT2D eigenvalue weighted by Crippen LogP contribution is 2.15. The van der Waals surface area contributed by atoms with Crippen LogP contribution in [-0.4, -0.2) is 36.1 Å². The molecule has 0 spiro atoms. The fourth-order valence-electron chi connectivity index (χ4n) is 2.33. The Morgan fingerprint density at radius 2 is 2.06 bits per heavy atom. The molecule has 0 unspecified atom stereocenters. The summed E-state index contributed by atoms with van der Waals surface area (Å²) in [6.07, 6.45) is 0. The van der Waals surface area contributed by atoms with E-state index >= 15 is 0 Å². The Labute approximate surface area is 105 Å². The molecule has 2 N–H and O–H groups in total. The molecule has 0 radical (unpaired) electrons. The first kappa shape index (κ1) is 11.2. The van der Waals surface area contributed by atoms with Crippen LogP contribution in [-0.2, 0) is 0 Å². The van der Waals surface area contributed by atoms with Gasteiger partial charge in [0.15, 0.2) is 5.82 Å². The molecule has 2 aromatic rings. The largest absolute Gasteiger partial charge is 0.349 e. The lowest BCUT2D eigenvalue weighted by atomic mass is 10.2. The lowest BCUT2D eigenvalue weighted by molar-refractivity contribution is 0.583. The van der Waals surface area contributed by atoms with Gasteiger partial charge in [-0.2, -0.15) is 0 Å². The minimum atomic E-state index is -0.0984. The maximum atomic E-state index is 12.1. The highest BCUT2D eigenvalue weighted by Gasteiger charge is 2.16. The minimum absolute atomic E-state index is 0.0984. The second kappa shape index (κ2) is 4.42. The summed E-state index contributed by atoms with van der Waals surface area (Å²) in [5.41, 5.74) is 2.63. The average molecular weight is 244 g/mol. The number of piperazine rings is 1. The SMILES string of the molecule is Cc1cccc2nc(N3CCNCC3)c(=O)[nH]c12. The highest BCUT2D eigenvalue weighted by molar-refractivity contribution is 5.78. The van der Waals surface area contributed by atoms with Gasteiger partial charge in [-0.05, 0) is 18.6 Å². The standard InChI is InChI=1S/C13H16N4O/c1-9-3-2-4-10-11(9)16-13(18)12(15-10)17-7-5-14-6-8-17/h2-4,14H,5-8H2,1H3,(H,16,18). The average Bonchev–Trinajstić information content (AvgIpc) is 2.40. The number of nitrogens with one attached hydrogen (secondary N) is 2. The first-order chi connectivity index (χ1) is 8.75. The number of nitrogens with zero attached hydrogens (tertiary/aromatic N) is 2. The molecule has 1 fully saturated rings. The number of fused-ring (bicyclic) bond motifs is 1. The number of aromatic nitrogens is 2. The lowest BCUT2D eigenvalue weighted by Gasteiger charge is -2.27. The third-order valence-corrected chi connectivity index (χ3v) is 3.34. The van der Waals surface area contributed by atoms with Crippen LogP contribution in [0.25, 0.3) is 11.0 Å². The van der Waals surface area contributed by atoms with E-state index in [1.807, 2.05) is 30.0 Å². The second-order valence-electron chi connectivity index (χ2n) is 4.60. The molecule has 94 valence electrons. The zero-order valence-electron chi connectivity index (χ0n) is 10.4. The number of H-pyrrole nitrogens is 1.